The Hall–Kier alpha value is -2.33. The van der Waals surface area contributed by atoms with E-state index in [-0.39, 0.29) is 0 Å². The summed E-state index contributed by atoms with van der Waals surface area (Å²) in [7, 11) is 0. The fourth-order valence-electron chi connectivity index (χ4n) is 2.53. The Bertz CT molecular complexity index is 689. The van der Waals surface area contributed by atoms with Crippen LogP contribution in [0.25, 0.3) is 0 Å². The van der Waals surface area contributed by atoms with Gasteiger partial charge in [0, 0.05) is 12.4 Å². The van der Waals surface area contributed by atoms with Crippen LogP contribution < -0.4 is 10.7 Å². The van der Waals surface area contributed by atoms with Gasteiger partial charge in [-0.1, -0.05) is 0 Å². The molecule has 4 rings (SSSR count). The molecule has 0 saturated carbocycles. The van der Waals surface area contributed by atoms with Crippen molar-refractivity contribution in [1.29, 1.82) is 0 Å². The molecule has 1 aromatic heterocycles. The van der Waals surface area contributed by atoms with Crippen molar-refractivity contribution in [3.63, 3.8) is 0 Å². The number of hydrogen-bond donors (Lipinski definition) is 1. The van der Waals surface area contributed by atoms with Crippen LogP contribution in [0.1, 0.15) is 0 Å². The van der Waals surface area contributed by atoms with Gasteiger partial charge >= 0.3 is 121 Å². The molecule has 0 aliphatic rings. The predicted octanol–water partition coefficient (Wildman–Crippen LogP) is 2.61. The summed E-state index contributed by atoms with van der Waals surface area (Å²) in [6.45, 7) is 0. The van der Waals surface area contributed by atoms with Gasteiger partial charge in [0.2, 0.25) is 0 Å². The molecule has 24 heavy (non-hydrogen) atoms. The molecular formula is C21H19N2Sn. The SMILES string of the molecule is c1c[nH]cn1.c1cc[c]([Sn]([c]2ccccc2)[c]2ccccc2)cc1. The molecular weight excluding hydrogens is 399 g/mol. The van der Waals surface area contributed by atoms with Gasteiger partial charge in [0.15, 0.2) is 0 Å². The average molecular weight is 418 g/mol. The zero-order valence-electron chi connectivity index (χ0n) is 13.3. The average Bonchev–Trinajstić information content (AvgIpc) is 3.25. The van der Waals surface area contributed by atoms with Crippen LogP contribution in [0.5, 0.6) is 0 Å². The van der Waals surface area contributed by atoms with E-state index in [9.17, 15) is 0 Å². The molecule has 3 heteroatoms. The Balaban J connectivity index is 0.000000290. The van der Waals surface area contributed by atoms with Gasteiger partial charge in [-0.15, -0.1) is 0 Å². The predicted molar refractivity (Wildman–Crippen MR) is 103 cm³/mol. The van der Waals surface area contributed by atoms with Crippen molar-refractivity contribution in [1.82, 2.24) is 9.97 Å². The van der Waals surface area contributed by atoms with E-state index in [0.717, 1.165) is 0 Å². The molecule has 0 atom stereocenters. The van der Waals surface area contributed by atoms with Crippen molar-refractivity contribution < 1.29 is 0 Å². The third-order valence-electron chi connectivity index (χ3n) is 3.59. The first kappa shape index (κ1) is 16.5. The number of nitrogens with zero attached hydrogens (tertiary/aromatic N) is 1. The zero-order valence-corrected chi connectivity index (χ0v) is 16.2. The first-order valence-electron chi connectivity index (χ1n) is 7.91. The molecule has 4 aromatic rings. The summed E-state index contributed by atoms with van der Waals surface area (Å²) >= 11 is -1.98. The van der Waals surface area contributed by atoms with E-state index in [1.54, 1.807) is 18.7 Å². The summed E-state index contributed by atoms with van der Waals surface area (Å²) in [4.78, 5) is 6.42. The minimum absolute atomic E-state index is 1.53. The third kappa shape index (κ3) is 4.58. The van der Waals surface area contributed by atoms with E-state index in [2.05, 4.69) is 101 Å². The number of nitrogens with one attached hydrogen (secondary N) is 1. The minimum atomic E-state index is -1.98. The van der Waals surface area contributed by atoms with Gasteiger partial charge < -0.3 is 4.98 Å². The molecule has 0 bridgehead atoms. The van der Waals surface area contributed by atoms with Crippen molar-refractivity contribution in [3.8, 4) is 0 Å². The molecule has 0 amide bonds. The van der Waals surface area contributed by atoms with Gasteiger partial charge in [-0.25, -0.2) is 4.98 Å². The molecule has 3 aromatic carbocycles. The van der Waals surface area contributed by atoms with E-state index in [4.69, 9.17) is 0 Å². The van der Waals surface area contributed by atoms with Crippen LogP contribution in [0.4, 0.5) is 0 Å². The fourth-order valence-corrected chi connectivity index (χ4v) is 9.89. The molecule has 1 heterocycles. The van der Waals surface area contributed by atoms with Crippen LogP contribution in [0.2, 0.25) is 0 Å². The molecule has 1 radical (unpaired) electrons. The van der Waals surface area contributed by atoms with Gasteiger partial charge in [-0.3, -0.25) is 0 Å². The van der Waals surface area contributed by atoms with Gasteiger partial charge in [-0.05, 0) is 0 Å². The number of hydrogen-bond acceptors (Lipinski definition) is 1. The third-order valence-corrected chi connectivity index (χ3v) is 11.4. The van der Waals surface area contributed by atoms with E-state index in [0.29, 0.717) is 0 Å². The molecule has 1 N–H and O–H groups in total. The monoisotopic (exact) mass is 419 g/mol. The van der Waals surface area contributed by atoms with Crippen LogP contribution in [0.15, 0.2) is 110 Å². The summed E-state index contributed by atoms with van der Waals surface area (Å²) in [5.74, 6) is 0. The Morgan fingerprint density at radius 1 is 0.583 bits per heavy atom. The van der Waals surface area contributed by atoms with E-state index < -0.39 is 19.8 Å². The second-order valence-electron chi connectivity index (χ2n) is 5.23. The van der Waals surface area contributed by atoms with Crippen molar-refractivity contribution in [2.45, 2.75) is 0 Å². The Morgan fingerprint density at radius 3 is 1.25 bits per heavy atom. The van der Waals surface area contributed by atoms with Crippen molar-refractivity contribution in [3.05, 3.63) is 110 Å². The van der Waals surface area contributed by atoms with Crippen LogP contribution >= 0.6 is 0 Å². The first-order chi connectivity index (χ1) is 11.9. The molecule has 0 spiro atoms. The maximum absolute atomic E-state index is 3.67. The van der Waals surface area contributed by atoms with Gasteiger partial charge in [0.05, 0.1) is 6.33 Å². The Morgan fingerprint density at radius 2 is 1.00 bits per heavy atom. The topological polar surface area (TPSA) is 28.7 Å². The van der Waals surface area contributed by atoms with E-state index in [1.807, 2.05) is 0 Å². The molecule has 2 nitrogen and oxygen atoms in total. The number of H-pyrrole nitrogens is 1. The van der Waals surface area contributed by atoms with Gasteiger partial charge in [0.25, 0.3) is 0 Å². The molecule has 0 unspecified atom stereocenters. The standard InChI is InChI=1S/3C6H5.C3H4N2.Sn/c3*1-2-4-6-5-3-1;1-2-5-3-4-1;/h3*1-5H;1-3H,(H,4,5);. The maximum atomic E-state index is 3.67. The van der Waals surface area contributed by atoms with Gasteiger partial charge in [0.1, 0.15) is 0 Å². The van der Waals surface area contributed by atoms with Crippen LogP contribution in [-0.2, 0) is 0 Å². The van der Waals surface area contributed by atoms with Crippen molar-refractivity contribution in [2.24, 2.45) is 0 Å². The van der Waals surface area contributed by atoms with Crippen LogP contribution in [-0.4, -0.2) is 29.7 Å². The normalized spacial score (nSPS) is 10.0. The number of imidazole rings is 1. The summed E-state index contributed by atoms with van der Waals surface area (Å²) < 4.78 is 4.59. The zero-order chi connectivity index (χ0) is 16.5. The number of aromatic amines is 1. The number of aromatic nitrogens is 2. The number of benzene rings is 3. The Kier molecular flexibility index (Phi) is 6.25. The molecule has 0 aliphatic carbocycles. The summed E-state index contributed by atoms with van der Waals surface area (Å²) in [6.07, 6.45) is 5.08. The summed E-state index contributed by atoms with van der Waals surface area (Å²) in [5.41, 5.74) is 0. The second kappa shape index (κ2) is 9.08. The van der Waals surface area contributed by atoms with E-state index >= 15 is 0 Å². The number of rotatable bonds is 3. The fraction of sp³-hybridized carbons (Fsp3) is 0. The Labute approximate surface area is 150 Å². The van der Waals surface area contributed by atoms with Crippen LogP contribution in [0.3, 0.4) is 0 Å². The molecule has 117 valence electrons. The summed E-state index contributed by atoms with van der Waals surface area (Å²) in [5, 5.41) is 0. The van der Waals surface area contributed by atoms with Crippen molar-refractivity contribution >= 4 is 30.5 Å². The quantitative estimate of drug-likeness (QED) is 0.510. The molecule has 0 aliphatic heterocycles. The molecule has 0 saturated heterocycles. The molecule has 0 fully saturated rings. The first-order valence-corrected chi connectivity index (χ1v) is 12.2. The summed E-state index contributed by atoms with van der Waals surface area (Å²) in [6, 6.07) is 32.9. The van der Waals surface area contributed by atoms with Crippen molar-refractivity contribution in [2.75, 3.05) is 0 Å². The van der Waals surface area contributed by atoms with Crippen LogP contribution in [0, 0.1) is 0 Å². The van der Waals surface area contributed by atoms with E-state index in [1.165, 1.54) is 10.7 Å². The van der Waals surface area contributed by atoms with Gasteiger partial charge in [-0.2, -0.15) is 0 Å². The second-order valence-corrected chi connectivity index (χ2v) is 12.3.